The first-order valence-corrected chi connectivity index (χ1v) is 23.2. The Labute approximate surface area is 422 Å². The molecule has 0 unspecified atom stereocenters. The summed E-state index contributed by atoms with van der Waals surface area (Å²) in [5, 5.41) is 8.46. The number of nitrogens with zero attached hydrogens (tertiary/aromatic N) is 8. The maximum absolute atomic E-state index is 14.4. The molecular weight excluding hydrogens is 933 g/mol. The van der Waals surface area contributed by atoms with Crippen molar-refractivity contribution >= 4 is 99.8 Å². The lowest BCUT2D eigenvalue weighted by Gasteiger charge is -2.39. The summed E-state index contributed by atoms with van der Waals surface area (Å²) < 4.78 is 14.5. The number of cyclic esters (lactones) is 1. The van der Waals surface area contributed by atoms with Crippen molar-refractivity contribution in [1.29, 1.82) is 0 Å². The van der Waals surface area contributed by atoms with Crippen molar-refractivity contribution in [2.75, 3.05) is 85.1 Å². The number of benzene rings is 1. The van der Waals surface area contributed by atoms with E-state index in [-0.39, 0.29) is 91.1 Å². The second-order valence-corrected chi connectivity index (χ2v) is 19.4. The molecule has 4 aromatic rings. The van der Waals surface area contributed by atoms with Gasteiger partial charge in [0.1, 0.15) is 12.1 Å². The van der Waals surface area contributed by atoms with Gasteiger partial charge in [-0.2, -0.15) is 54.0 Å². The van der Waals surface area contributed by atoms with Crippen molar-refractivity contribution < 1.29 is 23.9 Å². The molecule has 4 aliphatic heterocycles. The highest BCUT2D eigenvalue weighted by Gasteiger charge is 2.37. The molecule has 3 amide bonds. The molecule has 3 aromatic heterocycles. The van der Waals surface area contributed by atoms with E-state index in [1.807, 2.05) is 32.5 Å². The van der Waals surface area contributed by atoms with Crippen LogP contribution in [0.25, 0.3) is 33.4 Å². The number of amides is 3. The summed E-state index contributed by atoms with van der Waals surface area (Å²) >= 11 is 1.48. The van der Waals surface area contributed by atoms with Crippen LogP contribution in [0.4, 0.5) is 10.5 Å². The largest absolute Gasteiger partial charge is 0.464 e. The number of hydrogen-bond acceptors (Lipinski definition) is 12. The fourth-order valence-electron chi connectivity index (χ4n) is 9.51. The number of pyridine rings is 1. The molecule has 3 saturated heterocycles. The number of likely N-dealkylation sites (N-methyl/N-ethyl adjacent to an activating group) is 2. The van der Waals surface area contributed by atoms with Crippen molar-refractivity contribution in [2.24, 2.45) is 5.41 Å². The van der Waals surface area contributed by atoms with Crippen LogP contribution in [0.5, 0.6) is 0 Å². The number of carbonyl (C=O) groups is 3. The highest BCUT2D eigenvalue weighted by Crippen LogP contribution is 2.43. The molecule has 0 radical (unpaired) electrons. The Morgan fingerprint density at radius 2 is 1.76 bits per heavy atom. The number of rotatable bonds is 6. The van der Waals surface area contributed by atoms with Gasteiger partial charge in [0.15, 0.2) is 0 Å². The van der Waals surface area contributed by atoms with E-state index in [9.17, 15) is 14.4 Å². The number of carbonyl (C=O) groups excluding carboxylic acids is 3. The van der Waals surface area contributed by atoms with Gasteiger partial charge in [0.05, 0.1) is 46.7 Å². The van der Waals surface area contributed by atoms with E-state index in [1.165, 1.54) is 16.3 Å². The summed E-state index contributed by atoms with van der Waals surface area (Å²) in [6.07, 6.45) is 3.70. The van der Waals surface area contributed by atoms with E-state index in [2.05, 4.69) is 82.1 Å². The number of aryl methyl sites for hydroxylation is 1. The lowest BCUT2D eigenvalue weighted by atomic mass is 9.84. The van der Waals surface area contributed by atoms with Crippen molar-refractivity contribution in [2.45, 2.75) is 91.1 Å². The molecule has 0 saturated carbocycles. The molecule has 0 spiro atoms. The van der Waals surface area contributed by atoms with Crippen LogP contribution in [0.2, 0.25) is 0 Å². The normalized spacial score (nSPS) is 22.2. The van der Waals surface area contributed by atoms with E-state index < -0.39 is 23.5 Å². The lowest BCUT2D eigenvalue weighted by Crippen LogP contribution is -2.62. The molecule has 3 fully saturated rings. The quantitative estimate of drug-likeness (QED) is 0.232. The number of fused-ring (bicyclic) bond motifs is 6. The fourth-order valence-corrected chi connectivity index (χ4v) is 10.4. The number of anilines is 1. The first-order chi connectivity index (χ1) is 29.7. The van der Waals surface area contributed by atoms with E-state index in [0.717, 1.165) is 101 Å². The topological polar surface area (TPSA) is 141 Å². The minimum atomic E-state index is -0.900. The smallest absolute Gasteiger partial charge is 0.324 e. The molecule has 1 aromatic carbocycles. The van der Waals surface area contributed by atoms with Gasteiger partial charge in [-0.05, 0) is 77.9 Å². The summed E-state index contributed by atoms with van der Waals surface area (Å²) in [6.45, 7) is 17.7. The second kappa shape index (κ2) is 23.4. The Morgan fingerprint density at radius 3 is 2.45 bits per heavy atom. The van der Waals surface area contributed by atoms with Crippen LogP contribution in [-0.2, 0) is 38.4 Å². The predicted molar refractivity (Wildman–Crippen MR) is 285 cm³/mol. The number of esters is 1. The van der Waals surface area contributed by atoms with Crippen molar-refractivity contribution in [3.63, 3.8) is 0 Å². The molecule has 4 atom stereocenters. The maximum Gasteiger partial charge on any atom is 0.324 e. The zero-order valence-electron chi connectivity index (χ0n) is 39.7. The Bertz CT molecular complexity index is 2300. The zero-order valence-corrected chi connectivity index (χ0v) is 44.5. The molecule has 366 valence electrons. The van der Waals surface area contributed by atoms with Crippen LogP contribution in [0, 0.1) is 5.41 Å². The minimum Gasteiger partial charge on any atom is -0.464 e. The number of thiazole rings is 1. The molecule has 20 heteroatoms. The number of methoxy groups -OCH3 is 1. The monoisotopic (exact) mass is 1000 g/mol. The number of urea groups is 1. The fraction of sp³-hybridized carbons (Fsp3) is 0.587. The number of aromatic nitrogens is 3. The molecule has 2 N–H and O–H groups in total. The molecule has 6 bridgehead atoms. The van der Waals surface area contributed by atoms with E-state index in [4.69, 9.17) is 19.4 Å². The van der Waals surface area contributed by atoms with Crippen LogP contribution < -0.4 is 15.6 Å². The zero-order chi connectivity index (χ0) is 43.9. The molecular formula is C46H72N10O5S5. The van der Waals surface area contributed by atoms with Crippen molar-refractivity contribution in [1.82, 2.24) is 45.0 Å². The summed E-state index contributed by atoms with van der Waals surface area (Å²) in [4.78, 5) is 61.2. The standard InChI is InChI=1S/C46H64N10O5S.4H2S/c1-9-54-39-13-12-31-21-33(39)35(42(54)34-22-32(25-47-41(34)30(3)60-8)53-18-15-51(6)16-19-53)24-46(4,5)28-61-44(58)36-11-10-14-56(50-36)43(57)37(23-40-48-38(31)27-62-40)49-45(59)55-20-17-52(7)26-29(55)2;;;;/h12-13,21-22,25,27,29-30,36-37,50H,9-11,14-20,23-24,26,28H2,1-8H3,(H,49,59);4*1H2/t29-,30-,36-,37-;;;;/m0..../s1. The minimum absolute atomic E-state index is 0. The number of nitrogens with one attached hydrogen (secondary N) is 2. The highest BCUT2D eigenvalue weighted by atomic mass is 32.1. The molecule has 15 nitrogen and oxygen atoms in total. The lowest BCUT2D eigenvalue weighted by molar-refractivity contribution is -0.155. The van der Waals surface area contributed by atoms with Crippen LogP contribution >= 0.6 is 65.3 Å². The molecule has 4 aliphatic rings. The van der Waals surface area contributed by atoms with Gasteiger partial charge in [-0.3, -0.25) is 19.6 Å². The maximum atomic E-state index is 14.4. The van der Waals surface area contributed by atoms with E-state index in [1.54, 1.807) is 12.0 Å². The summed E-state index contributed by atoms with van der Waals surface area (Å²) in [6, 6.07) is 6.95. The summed E-state index contributed by atoms with van der Waals surface area (Å²) in [7, 11) is 5.94. The predicted octanol–water partition coefficient (Wildman–Crippen LogP) is 5.63. The number of hydrazine groups is 1. The number of hydrogen-bond donors (Lipinski definition) is 2. The van der Waals surface area contributed by atoms with Crippen LogP contribution in [0.1, 0.15) is 69.8 Å². The first-order valence-electron chi connectivity index (χ1n) is 22.3. The third-order valence-electron chi connectivity index (χ3n) is 13.2. The van der Waals surface area contributed by atoms with Gasteiger partial charge >= 0.3 is 12.0 Å². The summed E-state index contributed by atoms with van der Waals surface area (Å²) in [5.41, 5.74) is 10.8. The van der Waals surface area contributed by atoms with Crippen LogP contribution in [0.15, 0.2) is 35.8 Å². The number of piperazine rings is 2. The van der Waals surface area contributed by atoms with Crippen LogP contribution in [-0.4, -0.2) is 150 Å². The summed E-state index contributed by atoms with van der Waals surface area (Å²) in [5.74, 6) is -0.699. The molecule has 8 rings (SSSR count). The SMILES string of the molecule is CCn1c(-c2cc(N3CCN(C)CC3)cnc2[C@H](C)OC)c2c3cc(ccc31)-c1csc(n1)C[C@H](NC(=O)N1CCN(C)C[C@@H]1C)C(=O)N1CCC[C@H](N1)C(=O)OCC(C)(C)C2.S.S.S.S. The molecule has 0 aliphatic carbocycles. The molecule has 7 heterocycles. The van der Waals surface area contributed by atoms with Gasteiger partial charge < -0.3 is 39.0 Å². The second-order valence-electron chi connectivity index (χ2n) is 18.5. The van der Waals surface area contributed by atoms with Crippen LogP contribution in [0.3, 0.4) is 0 Å². The first kappa shape index (κ1) is 55.4. The molecule has 66 heavy (non-hydrogen) atoms. The Morgan fingerprint density at radius 1 is 1.03 bits per heavy atom. The van der Waals surface area contributed by atoms with Gasteiger partial charge in [-0.1, -0.05) is 19.9 Å². The van der Waals surface area contributed by atoms with E-state index in [0.29, 0.717) is 32.4 Å². The highest BCUT2D eigenvalue weighted by molar-refractivity contribution is 7.59. The van der Waals surface area contributed by atoms with Crippen molar-refractivity contribution in [3.8, 4) is 22.5 Å². The van der Waals surface area contributed by atoms with Gasteiger partial charge in [0.25, 0.3) is 5.91 Å². The Balaban J connectivity index is 0.00000238. The average molecular weight is 1010 g/mol. The third-order valence-corrected chi connectivity index (χ3v) is 14.0. The van der Waals surface area contributed by atoms with Gasteiger partial charge in [0.2, 0.25) is 0 Å². The van der Waals surface area contributed by atoms with E-state index >= 15 is 0 Å². The van der Waals surface area contributed by atoms with Gasteiger partial charge in [0, 0.05) is 111 Å². The number of ether oxygens (including phenoxy) is 2. The average Bonchev–Trinajstić information content (AvgIpc) is 3.86. The van der Waals surface area contributed by atoms with Gasteiger partial charge in [-0.25, -0.2) is 15.2 Å². The Kier molecular flexibility index (Phi) is 19.6. The van der Waals surface area contributed by atoms with Gasteiger partial charge in [-0.15, -0.1) is 11.3 Å². The Hall–Kier alpha value is -3.21. The third kappa shape index (κ3) is 11.8. The van der Waals surface area contributed by atoms with Crippen molar-refractivity contribution in [3.05, 3.63) is 52.1 Å².